The highest BCUT2D eigenvalue weighted by Gasteiger charge is 2.04. The van der Waals surface area contributed by atoms with E-state index in [2.05, 4.69) is 9.97 Å². The largest absolute Gasteiger partial charge is 0.391 e. The zero-order valence-electron chi connectivity index (χ0n) is 7.86. The molecule has 1 aromatic heterocycles. The van der Waals surface area contributed by atoms with Gasteiger partial charge in [0.05, 0.1) is 6.10 Å². The van der Waals surface area contributed by atoms with E-state index in [1.54, 1.807) is 6.92 Å². The Hall–Kier alpha value is -0.850. The average Bonchev–Trinajstić information content (AvgIpc) is 2.12. The Morgan fingerprint density at radius 3 is 3.07 bits per heavy atom. The summed E-state index contributed by atoms with van der Waals surface area (Å²) < 4.78 is 0. The molecule has 1 rings (SSSR count). The number of thioether (sulfide) groups is 1. The molecule has 1 aromatic rings. The van der Waals surface area contributed by atoms with Gasteiger partial charge in [-0.15, -0.1) is 0 Å². The van der Waals surface area contributed by atoms with Gasteiger partial charge in [-0.25, -0.2) is 4.98 Å². The smallest absolute Gasteiger partial charge is 0.251 e. The van der Waals surface area contributed by atoms with Crippen molar-refractivity contribution in [3.63, 3.8) is 0 Å². The highest BCUT2D eigenvalue weighted by molar-refractivity contribution is 7.99. The number of aromatic nitrogens is 2. The Balaban J connectivity index is 2.63. The Morgan fingerprint density at radius 2 is 2.50 bits per heavy atom. The molecule has 0 amide bonds. The van der Waals surface area contributed by atoms with Gasteiger partial charge in [-0.1, -0.05) is 11.8 Å². The molecule has 6 heteroatoms. The number of hydrogen-bond donors (Lipinski definition) is 3. The molecule has 0 saturated heterocycles. The van der Waals surface area contributed by atoms with Crippen molar-refractivity contribution >= 4 is 11.8 Å². The molecule has 0 aliphatic carbocycles. The molecule has 0 saturated carbocycles. The molecule has 0 bridgehead atoms. The van der Waals surface area contributed by atoms with E-state index in [0.717, 1.165) is 0 Å². The molecule has 1 unspecified atom stereocenters. The van der Waals surface area contributed by atoms with E-state index in [0.29, 0.717) is 16.6 Å². The maximum Gasteiger partial charge on any atom is 0.251 e. The number of aromatic amines is 1. The molecule has 78 valence electrons. The summed E-state index contributed by atoms with van der Waals surface area (Å²) in [5.74, 6) is 0.433. The molecule has 4 N–H and O–H groups in total. The van der Waals surface area contributed by atoms with Crippen molar-refractivity contribution in [2.24, 2.45) is 5.73 Å². The lowest BCUT2D eigenvalue weighted by atomic mass is 10.4. The molecule has 1 atom stereocenters. The molecule has 0 radical (unpaired) electrons. The monoisotopic (exact) mass is 215 g/mol. The lowest BCUT2D eigenvalue weighted by molar-refractivity contribution is 0.208. The second-order valence-corrected chi connectivity index (χ2v) is 3.90. The highest BCUT2D eigenvalue weighted by Crippen LogP contribution is 2.11. The predicted molar refractivity (Wildman–Crippen MR) is 55.4 cm³/mol. The lowest BCUT2D eigenvalue weighted by Gasteiger charge is -2.05. The molecule has 0 spiro atoms. The standard InChI is InChI=1S/C8H13N3O2S/c1-5-2-7(13)11-8(10-5)14-4-6(12)3-9/h2,6,12H,3-4,9H2,1H3,(H,10,11,13). The third-order valence-corrected chi connectivity index (χ3v) is 2.55. The maximum atomic E-state index is 11.0. The van der Waals surface area contributed by atoms with Crippen LogP contribution in [0.1, 0.15) is 5.69 Å². The third-order valence-electron chi connectivity index (χ3n) is 1.53. The third kappa shape index (κ3) is 3.49. The van der Waals surface area contributed by atoms with Crippen LogP contribution in [0.25, 0.3) is 0 Å². The van der Waals surface area contributed by atoms with Crippen molar-refractivity contribution in [2.75, 3.05) is 12.3 Å². The summed E-state index contributed by atoms with van der Waals surface area (Å²) in [7, 11) is 0. The minimum absolute atomic E-state index is 0.178. The first-order valence-electron chi connectivity index (χ1n) is 4.20. The van der Waals surface area contributed by atoms with Gasteiger partial charge in [-0.3, -0.25) is 4.79 Å². The molecule has 0 aliphatic rings. The molecular weight excluding hydrogens is 202 g/mol. The highest BCUT2D eigenvalue weighted by atomic mass is 32.2. The predicted octanol–water partition coefficient (Wildman–Crippen LogP) is -0.510. The first-order chi connectivity index (χ1) is 6.61. The second kappa shape index (κ2) is 5.14. The molecule has 0 aliphatic heterocycles. The Labute approximate surface area is 85.7 Å². The maximum absolute atomic E-state index is 11.0. The zero-order chi connectivity index (χ0) is 10.6. The second-order valence-electron chi connectivity index (χ2n) is 2.89. The number of rotatable bonds is 4. The molecular formula is C8H13N3O2S. The summed E-state index contributed by atoms with van der Waals surface area (Å²) in [4.78, 5) is 17.7. The minimum atomic E-state index is -0.564. The van der Waals surface area contributed by atoms with Crippen molar-refractivity contribution in [1.29, 1.82) is 0 Å². The van der Waals surface area contributed by atoms with Crippen LogP contribution in [0.4, 0.5) is 0 Å². The van der Waals surface area contributed by atoms with Crippen molar-refractivity contribution in [1.82, 2.24) is 9.97 Å². The van der Waals surface area contributed by atoms with E-state index >= 15 is 0 Å². The van der Waals surface area contributed by atoms with Gasteiger partial charge in [0.1, 0.15) is 0 Å². The van der Waals surface area contributed by atoms with Crippen LogP contribution in [0.2, 0.25) is 0 Å². The van der Waals surface area contributed by atoms with Gasteiger partial charge in [0.2, 0.25) is 0 Å². The van der Waals surface area contributed by atoms with E-state index in [9.17, 15) is 9.90 Å². The molecule has 0 aromatic carbocycles. The van der Waals surface area contributed by atoms with Crippen LogP contribution >= 0.6 is 11.8 Å². The van der Waals surface area contributed by atoms with Crippen molar-refractivity contribution in [3.05, 3.63) is 22.1 Å². The van der Waals surface area contributed by atoms with Gasteiger partial charge in [-0.05, 0) is 6.92 Å². The quantitative estimate of drug-likeness (QED) is 0.465. The van der Waals surface area contributed by atoms with Gasteiger partial charge in [0, 0.05) is 24.1 Å². The number of nitrogens with zero attached hydrogens (tertiary/aromatic N) is 1. The summed E-state index contributed by atoms with van der Waals surface area (Å²) in [6.45, 7) is 1.96. The number of nitrogens with one attached hydrogen (secondary N) is 1. The van der Waals surface area contributed by atoms with Crippen LogP contribution in [0.5, 0.6) is 0 Å². The number of nitrogens with two attached hydrogens (primary N) is 1. The van der Waals surface area contributed by atoms with Gasteiger partial charge in [0.25, 0.3) is 5.56 Å². The van der Waals surface area contributed by atoms with E-state index in [-0.39, 0.29) is 12.1 Å². The topological polar surface area (TPSA) is 92.0 Å². The molecule has 1 heterocycles. The van der Waals surface area contributed by atoms with E-state index < -0.39 is 6.10 Å². The van der Waals surface area contributed by atoms with Gasteiger partial charge < -0.3 is 15.8 Å². The SMILES string of the molecule is Cc1cc(=O)[nH]c(SCC(O)CN)n1. The lowest BCUT2D eigenvalue weighted by Crippen LogP contribution is -2.22. The first kappa shape index (κ1) is 11.2. The summed E-state index contributed by atoms with van der Waals surface area (Å²) in [6.07, 6.45) is -0.564. The van der Waals surface area contributed by atoms with Crippen LogP contribution in [-0.2, 0) is 0 Å². The van der Waals surface area contributed by atoms with Crippen molar-refractivity contribution in [3.8, 4) is 0 Å². The number of aliphatic hydroxyl groups excluding tert-OH is 1. The van der Waals surface area contributed by atoms with E-state index in [1.165, 1.54) is 17.8 Å². The minimum Gasteiger partial charge on any atom is -0.391 e. The van der Waals surface area contributed by atoms with Crippen LogP contribution in [0, 0.1) is 6.92 Å². The van der Waals surface area contributed by atoms with Gasteiger partial charge >= 0.3 is 0 Å². The van der Waals surface area contributed by atoms with Crippen LogP contribution < -0.4 is 11.3 Å². The Kier molecular flexibility index (Phi) is 4.12. The number of aryl methyl sites for hydroxylation is 1. The van der Waals surface area contributed by atoms with Crippen LogP contribution in [0.15, 0.2) is 16.0 Å². The van der Waals surface area contributed by atoms with Gasteiger partial charge in [0.15, 0.2) is 5.16 Å². The number of hydrogen-bond acceptors (Lipinski definition) is 5. The van der Waals surface area contributed by atoms with E-state index in [4.69, 9.17) is 5.73 Å². The summed E-state index contributed by atoms with van der Waals surface area (Å²) >= 11 is 1.28. The molecule has 0 fully saturated rings. The van der Waals surface area contributed by atoms with Crippen molar-refractivity contribution in [2.45, 2.75) is 18.2 Å². The average molecular weight is 215 g/mol. The van der Waals surface area contributed by atoms with E-state index in [1.807, 2.05) is 0 Å². The summed E-state index contributed by atoms with van der Waals surface area (Å²) in [6, 6.07) is 1.42. The zero-order valence-corrected chi connectivity index (χ0v) is 8.67. The normalized spacial score (nSPS) is 12.8. The fourth-order valence-electron chi connectivity index (χ4n) is 0.863. The first-order valence-corrected chi connectivity index (χ1v) is 5.19. The Morgan fingerprint density at radius 1 is 1.79 bits per heavy atom. The van der Waals surface area contributed by atoms with Crippen molar-refractivity contribution < 1.29 is 5.11 Å². The fourth-order valence-corrected chi connectivity index (χ4v) is 1.73. The van der Waals surface area contributed by atoms with Gasteiger partial charge in [-0.2, -0.15) is 0 Å². The van der Waals surface area contributed by atoms with Crippen LogP contribution in [-0.4, -0.2) is 33.5 Å². The Bertz CT molecular complexity index is 353. The fraction of sp³-hybridized carbons (Fsp3) is 0.500. The summed E-state index contributed by atoms with van der Waals surface area (Å²) in [5.41, 5.74) is 5.73. The summed E-state index contributed by atoms with van der Waals surface area (Å²) in [5, 5.41) is 9.71. The number of aliphatic hydroxyl groups is 1. The molecule has 14 heavy (non-hydrogen) atoms. The molecule has 5 nitrogen and oxygen atoms in total. The van der Waals surface area contributed by atoms with Crippen LogP contribution in [0.3, 0.4) is 0 Å². The number of H-pyrrole nitrogens is 1.